The van der Waals surface area contributed by atoms with E-state index in [9.17, 15) is 5.11 Å². The number of aliphatic hydroxyl groups excluding tert-OH is 1. The van der Waals surface area contributed by atoms with Crippen LogP contribution in [0.25, 0.3) is 0 Å². The summed E-state index contributed by atoms with van der Waals surface area (Å²) < 4.78 is 0. The Kier molecular flexibility index (Phi) is 3.04. The van der Waals surface area contributed by atoms with Gasteiger partial charge in [-0.1, -0.05) is 24.3 Å². The lowest BCUT2D eigenvalue weighted by molar-refractivity contribution is 0.139. The van der Waals surface area contributed by atoms with Crippen LogP contribution in [0.15, 0.2) is 47.5 Å². The second-order valence-electron chi connectivity index (χ2n) is 5.65. The minimum absolute atomic E-state index is 0.206. The zero-order valence-corrected chi connectivity index (χ0v) is 12.0. The Hall–Kier alpha value is -1.32. The molecule has 2 aliphatic rings. The molecule has 0 saturated carbocycles. The predicted octanol–water partition coefficient (Wildman–Crippen LogP) is 3.19. The van der Waals surface area contributed by atoms with Crippen LogP contribution in [0.1, 0.15) is 29.2 Å². The molecule has 1 N–H and O–H groups in total. The maximum Gasteiger partial charge on any atom is 0.0749 e. The van der Waals surface area contributed by atoms with Gasteiger partial charge in [-0.2, -0.15) is 0 Å². The van der Waals surface area contributed by atoms with Gasteiger partial charge in [0.1, 0.15) is 0 Å². The maximum atomic E-state index is 10.8. The van der Waals surface area contributed by atoms with Crippen molar-refractivity contribution in [2.75, 3.05) is 0 Å². The van der Waals surface area contributed by atoms with Gasteiger partial charge in [-0.05, 0) is 42.5 Å². The summed E-state index contributed by atoms with van der Waals surface area (Å²) in [6, 6.07) is 12.6. The Morgan fingerprint density at radius 1 is 1.15 bits per heavy atom. The minimum Gasteiger partial charge on any atom is -0.391 e. The summed E-state index contributed by atoms with van der Waals surface area (Å²) in [4.78, 5) is 5.84. The molecule has 0 spiro atoms. The number of fused-ring (bicyclic) bond motifs is 2. The summed E-state index contributed by atoms with van der Waals surface area (Å²) >= 11 is 1.83. The first kappa shape index (κ1) is 12.4. The first-order chi connectivity index (χ1) is 9.83. The normalized spacial score (nSPS) is 25.2. The molecule has 20 heavy (non-hydrogen) atoms. The highest BCUT2D eigenvalue weighted by Gasteiger charge is 2.37. The molecule has 1 aliphatic heterocycles. The third kappa shape index (κ3) is 1.97. The van der Waals surface area contributed by atoms with E-state index in [1.54, 1.807) is 0 Å². The van der Waals surface area contributed by atoms with E-state index in [4.69, 9.17) is 0 Å². The van der Waals surface area contributed by atoms with Crippen LogP contribution in [0.5, 0.6) is 0 Å². The molecule has 0 fully saturated rings. The lowest BCUT2D eigenvalue weighted by atomic mass is 9.94. The van der Waals surface area contributed by atoms with Crippen LogP contribution in [0.3, 0.4) is 0 Å². The fourth-order valence-corrected chi connectivity index (χ4v) is 4.81. The SMILES string of the molecule is OC(C1Cc2ccccc2S1)C1CCc2cccnc21. The smallest absolute Gasteiger partial charge is 0.0749 e. The van der Waals surface area contributed by atoms with Crippen molar-refractivity contribution in [2.45, 2.75) is 41.4 Å². The van der Waals surface area contributed by atoms with Gasteiger partial charge in [-0.15, -0.1) is 11.8 Å². The van der Waals surface area contributed by atoms with Crippen molar-refractivity contribution in [3.05, 3.63) is 59.4 Å². The van der Waals surface area contributed by atoms with E-state index in [0.717, 1.165) is 25.0 Å². The lowest BCUT2D eigenvalue weighted by Crippen LogP contribution is -2.29. The van der Waals surface area contributed by atoms with Gasteiger partial charge in [0.25, 0.3) is 0 Å². The molecule has 2 heterocycles. The molecule has 0 saturated heterocycles. The van der Waals surface area contributed by atoms with Gasteiger partial charge in [0.15, 0.2) is 0 Å². The molecule has 2 nitrogen and oxygen atoms in total. The molecule has 3 atom stereocenters. The van der Waals surface area contributed by atoms with Crippen molar-refractivity contribution in [1.82, 2.24) is 4.98 Å². The van der Waals surface area contributed by atoms with E-state index in [0.29, 0.717) is 0 Å². The average molecular weight is 283 g/mol. The van der Waals surface area contributed by atoms with Gasteiger partial charge in [0.05, 0.1) is 6.10 Å². The molecule has 3 unspecified atom stereocenters. The second kappa shape index (κ2) is 4.90. The molecule has 3 heteroatoms. The van der Waals surface area contributed by atoms with E-state index in [1.807, 2.05) is 24.0 Å². The Balaban J connectivity index is 1.57. The third-order valence-electron chi connectivity index (χ3n) is 4.47. The van der Waals surface area contributed by atoms with E-state index in [2.05, 4.69) is 35.3 Å². The van der Waals surface area contributed by atoms with Crippen LogP contribution >= 0.6 is 11.8 Å². The highest BCUT2D eigenvalue weighted by atomic mass is 32.2. The zero-order valence-electron chi connectivity index (χ0n) is 11.2. The summed E-state index contributed by atoms with van der Waals surface area (Å²) in [7, 11) is 0. The van der Waals surface area contributed by atoms with Crippen molar-refractivity contribution < 1.29 is 5.11 Å². The number of rotatable bonds is 2. The average Bonchev–Trinajstić information content (AvgIpc) is 3.10. The van der Waals surface area contributed by atoms with Gasteiger partial charge in [0.2, 0.25) is 0 Å². The Morgan fingerprint density at radius 3 is 2.90 bits per heavy atom. The van der Waals surface area contributed by atoms with E-state index < -0.39 is 0 Å². The number of aryl methyl sites for hydroxylation is 1. The van der Waals surface area contributed by atoms with Gasteiger partial charge < -0.3 is 5.11 Å². The van der Waals surface area contributed by atoms with E-state index in [1.165, 1.54) is 16.0 Å². The summed E-state index contributed by atoms with van der Waals surface area (Å²) in [6.45, 7) is 0. The number of thioether (sulfide) groups is 1. The van der Waals surface area contributed by atoms with Crippen molar-refractivity contribution in [2.24, 2.45) is 0 Å². The summed E-state index contributed by atoms with van der Waals surface area (Å²) in [5.41, 5.74) is 3.81. The number of pyridine rings is 1. The van der Waals surface area contributed by atoms with Crippen LogP contribution < -0.4 is 0 Å². The first-order valence-corrected chi connectivity index (χ1v) is 8.07. The van der Waals surface area contributed by atoms with Gasteiger partial charge in [-0.3, -0.25) is 4.98 Å². The molecule has 4 rings (SSSR count). The van der Waals surface area contributed by atoms with Crippen molar-refractivity contribution in [3.63, 3.8) is 0 Å². The maximum absolute atomic E-state index is 10.8. The van der Waals surface area contributed by atoms with E-state index >= 15 is 0 Å². The summed E-state index contributed by atoms with van der Waals surface area (Å²) in [5.74, 6) is 0.206. The standard InChI is InChI=1S/C17H17NOS/c19-17(13-8-7-11-5-3-9-18-16(11)13)15-10-12-4-1-2-6-14(12)20-15/h1-6,9,13,15,17,19H,7-8,10H2. The predicted molar refractivity (Wildman–Crippen MR) is 81.1 cm³/mol. The number of aromatic nitrogens is 1. The van der Waals surface area contributed by atoms with Crippen LogP contribution in [-0.2, 0) is 12.8 Å². The number of nitrogens with zero attached hydrogens (tertiary/aromatic N) is 1. The molecule has 1 aromatic carbocycles. The Morgan fingerprint density at radius 2 is 2.00 bits per heavy atom. The number of hydrogen-bond acceptors (Lipinski definition) is 3. The summed E-state index contributed by atoms with van der Waals surface area (Å²) in [6.07, 6.45) is 4.60. The molecule has 1 aliphatic carbocycles. The largest absolute Gasteiger partial charge is 0.391 e. The highest BCUT2D eigenvalue weighted by Crippen LogP contribution is 2.44. The van der Waals surface area contributed by atoms with Crippen molar-refractivity contribution in [1.29, 1.82) is 0 Å². The van der Waals surface area contributed by atoms with Crippen LogP contribution in [0.4, 0.5) is 0 Å². The molecule has 102 valence electrons. The fourth-order valence-electron chi connectivity index (χ4n) is 3.43. The monoisotopic (exact) mass is 283 g/mol. The van der Waals surface area contributed by atoms with Crippen LogP contribution in [0.2, 0.25) is 0 Å². The quantitative estimate of drug-likeness (QED) is 0.919. The third-order valence-corrected chi connectivity index (χ3v) is 5.87. The van der Waals surface area contributed by atoms with Gasteiger partial charge in [0, 0.05) is 28.0 Å². The zero-order chi connectivity index (χ0) is 13.5. The molecule has 0 amide bonds. The molecular weight excluding hydrogens is 266 g/mol. The first-order valence-electron chi connectivity index (χ1n) is 7.19. The molecular formula is C17H17NOS. The summed E-state index contributed by atoms with van der Waals surface area (Å²) in [5, 5.41) is 11.1. The number of aliphatic hydroxyl groups is 1. The minimum atomic E-state index is -0.302. The fraction of sp³-hybridized carbons (Fsp3) is 0.353. The topological polar surface area (TPSA) is 33.1 Å². The van der Waals surface area contributed by atoms with Gasteiger partial charge >= 0.3 is 0 Å². The highest BCUT2D eigenvalue weighted by molar-refractivity contribution is 8.00. The van der Waals surface area contributed by atoms with Crippen LogP contribution in [0, 0.1) is 0 Å². The lowest BCUT2D eigenvalue weighted by Gasteiger charge is -2.23. The second-order valence-corrected chi connectivity index (χ2v) is 6.93. The van der Waals surface area contributed by atoms with Crippen molar-refractivity contribution in [3.8, 4) is 0 Å². The Labute approximate surface area is 123 Å². The Bertz CT molecular complexity index is 617. The molecule has 0 bridgehead atoms. The molecule has 0 radical (unpaired) electrons. The molecule has 2 aromatic rings. The van der Waals surface area contributed by atoms with E-state index in [-0.39, 0.29) is 17.3 Å². The van der Waals surface area contributed by atoms with Crippen molar-refractivity contribution >= 4 is 11.8 Å². The van der Waals surface area contributed by atoms with Crippen LogP contribution in [-0.4, -0.2) is 21.4 Å². The number of benzene rings is 1. The number of hydrogen-bond donors (Lipinski definition) is 1. The van der Waals surface area contributed by atoms with Gasteiger partial charge in [-0.25, -0.2) is 0 Å². The molecule has 1 aromatic heterocycles.